The van der Waals surface area contributed by atoms with Gasteiger partial charge in [0.15, 0.2) is 0 Å². The molecule has 0 aromatic carbocycles. The van der Waals surface area contributed by atoms with Crippen molar-refractivity contribution in [3.05, 3.63) is 223 Å². The molecule has 0 amide bonds. The van der Waals surface area contributed by atoms with E-state index in [1.807, 2.05) is 0 Å². The van der Waals surface area contributed by atoms with Crippen LogP contribution in [-0.2, 0) is 6.61 Å². The summed E-state index contributed by atoms with van der Waals surface area (Å²) < 4.78 is 0. The summed E-state index contributed by atoms with van der Waals surface area (Å²) in [6.45, 7) is -0.0339. The van der Waals surface area contributed by atoms with E-state index in [0.717, 1.165) is 0 Å². The van der Waals surface area contributed by atoms with Gasteiger partial charge in [0, 0.05) is 211 Å². The van der Waals surface area contributed by atoms with Crippen molar-refractivity contribution in [2.75, 3.05) is 0 Å². The van der Waals surface area contributed by atoms with Gasteiger partial charge in [0.25, 0.3) is 0 Å². The predicted molar refractivity (Wildman–Crippen MR) is 204 cm³/mol. The zero-order valence-corrected chi connectivity index (χ0v) is 29.9. The van der Waals surface area contributed by atoms with Crippen LogP contribution in [0.5, 0.6) is 0 Å². The minimum Gasteiger partial charge on any atom is -0.390 e. The summed E-state index contributed by atoms with van der Waals surface area (Å²) in [4.78, 5) is 67.1. The molecule has 0 radical (unpaired) electrons. The van der Waals surface area contributed by atoms with Crippen LogP contribution in [0, 0.1) is 0 Å². The van der Waals surface area contributed by atoms with Gasteiger partial charge in [-0.1, -0.05) is 0 Å². The van der Waals surface area contributed by atoms with Crippen molar-refractivity contribution in [1.82, 2.24) is 89.7 Å². The molecule has 9 aromatic heterocycles. The van der Waals surface area contributed by atoms with Gasteiger partial charge in [0.1, 0.15) is 0 Å². The molecule has 0 spiro atoms. The van der Waals surface area contributed by atoms with Gasteiger partial charge < -0.3 is 5.11 Å². The molecule has 0 aliphatic heterocycles. The maximum absolute atomic E-state index is 8.44. The Kier molecular flexibility index (Phi) is 33.5. The Morgan fingerprint density at radius 2 is 0.357 bits per heavy atom. The largest absolute Gasteiger partial charge is 0.390 e. The molecule has 0 fully saturated rings. The number of nitrogens with zero attached hydrogens (tertiary/aromatic N) is 18. The fourth-order valence-corrected chi connectivity index (χ4v) is 2.44. The first-order chi connectivity index (χ1) is 27.9. The van der Waals surface area contributed by atoms with Gasteiger partial charge in [-0.25, -0.2) is 0 Å². The highest BCUT2D eigenvalue weighted by Gasteiger charge is 1.84. The van der Waals surface area contributed by atoms with Crippen molar-refractivity contribution in [2.45, 2.75) is 6.61 Å². The first kappa shape index (κ1) is 45.7. The van der Waals surface area contributed by atoms with Crippen LogP contribution in [0.15, 0.2) is 217 Å². The molecular formula is C37H38N18O. The average Bonchev–Trinajstić information content (AvgIpc) is 3.35. The standard InChI is InChI=1S/C5H6N2O.8C4H4N2/c8-4-5-3-6-1-2-7-5;8*1-2-6-4-3-5-1/h1-3,8H,4H2;8*1-4H. The summed E-state index contributed by atoms with van der Waals surface area (Å²) in [6.07, 6.45) is 57.1. The van der Waals surface area contributed by atoms with Gasteiger partial charge in [0.05, 0.1) is 18.5 Å². The summed E-state index contributed by atoms with van der Waals surface area (Å²) in [5, 5.41) is 8.44. The first-order valence-corrected chi connectivity index (χ1v) is 15.9. The van der Waals surface area contributed by atoms with E-state index in [4.69, 9.17) is 5.11 Å². The lowest BCUT2D eigenvalue weighted by Gasteiger charge is -1.87. The summed E-state index contributed by atoms with van der Waals surface area (Å²) >= 11 is 0. The third kappa shape index (κ3) is 36.9. The molecule has 0 unspecified atom stereocenters. The topological polar surface area (TPSA) is 252 Å². The number of aliphatic hydroxyl groups is 1. The Balaban J connectivity index is 0.000000315. The Morgan fingerprint density at radius 3 is 0.429 bits per heavy atom. The van der Waals surface area contributed by atoms with E-state index in [1.165, 1.54) is 6.20 Å². The van der Waals surface area contributed by atoms with Crippen LogP contribution in [0.4, 0.5) is 0 Å². The Hall–Kier alpha value is -8.32. The smallest absolute Gasteiger partial charge is 0.0868 e. The molecule has 19 nitrogen and oxygen atoms in total. The van der Waals surface area contributed by atoms with Gasteiger partial charge in [-0.3, -0.25) is 89.7 Å². The maximum Gasteiger partial charge on any atom is 0.0868 e. The van der Waals surface area contributed by atoms with Crippen LogP contribution in [0.1, 0.15) is 5.69 Å². The monoisotopic (exact) mass is 750 g/mol. The second-order valence-corrected chi connectivity index (χ2v) is 8.51. The highest BCUT2D eigenvalue weighted by atomic mass is 16.3. The van der Waals surface area contributed by atoms with Crippen molar-refractivity contribution >= 4 is 0 Å². The minimum atomic E-state index is -0.0339. The molecule has 9 heterocycles. The third-order valence-corrected chi connectivity index (χ3v) is 4.60. The van der Waals surface area contributed by atoms with E-state index in [2.05, 4.69) is 89.7 Å². The molecule has 19 heteroatoms. The van der Waals surface area contributed by atoms with Gasteiger partial charge in [0.2, 0.25) is 0 Å². The van der Waals surface area contributed by atoms with Crippen LogP contribution in [0.2, 0.25) is 0 Å². The van der Waals surface area contributed by atoms with E-state index >= 15 is 0 Å². The van der Waals surface area contributed by atoms with Crippen LogP contribution in [0.25, 0.3) is 0 Å². The fourth-order valence-electron chi connectivity index (χ4n) is 2.44. The molecule has 0 saturated heterocycles. The normalized spacial score (nSPS) is 8.16. The summed E-state index contributed by atoms with van der Waals surface area (Å²) in [5.41, 5.74) is 0.604. The van der Waals surface area contributed by atoms with Crippen molar-refractivity contribution < 1.29 is 5.11 Å². The van der Waals surface area contributed by atoms with Crippen molar-refractivity contribution in [2.24, 2.45) is 0 Å². The van der Waals surface area contributed by atoms with Crippen LogP contribution in [-0.4, -0.2) is 94.8 Å². The van der Waals surface area contributed by atoms with Crippen LogP contribution < -0.4 is 0 Å². The Morgan fingerprint density at radius 1 is 0.214 bits per heavy atom. The number of hydrogen-bond acceptors (Lipinski definition) is 19. The molecule has 9 rings (SSSR count). The number of aromatic nitrogens is 18. The highest BCUT2D eigenvalue weighted by molar-refractivity contribution is 4.91. The zero-order valence-electron chi connectivity index (χ0n) is 29.9. The van der Waals surface area contributed by atoms with Crippen LogP contribution in [0.3, 0.4) is 0 Å². The van der Waals surface area contributed by atoms with E-state index in [0.29, 0.717) is 5.69 Å². The lowest BCUT2D eigenvalue weighted by atomic mass is 10.5. The highest BCUT2D eigenvalue weighted by Crippen LogP contribution is 1.85. The number of rotatable bonds is 1. The van der Waals surface area contributed by atoms with Crippen LogP contribution >= 0.6 is 0 Å². The van der Waals surface area contributed by atoms with Crippen molar-refractivity contribution in [1.29, 1.82) is 0 Å². The van der Waals surface area contributed by atoms with E-state index < -0.39 is 0 Å². The molecule has 1 N–H and O–H groups in total. The number of aliphatic hydroxyl groups excluding tert-OH is 1. The van der Waals surface area contributed by atoms with E-state index in [-0.39, 0.29) is 6.61 Å². The van der Waals surface area contributed by atoms with E-state index in [1.54, 1.807) is 211 Å². The maximum atomic E-state index is 8.44. The molecule has 0 atom stereocenters. The van der Waals surface area contributed by atoms with Gasteiger partial charge in [-0.15, -0.1) is 0 Å². The second-order valence-electron chi connectivity index (χ2n) is 8.51. The quantitative estimate of drug-likeness (QED) is 0.250. The van der Waals surface area contributed by atoms with Crippen molar-refractivity contribution in [3.8, 4) is 0 Å². The van der Waals surface area contributed by atoms with Crippen molar-refractivity contribution in [3.63, 3.8) is 0 Å². The SMILES string of the molecule is OCc1cnccn1.c1cnccn1.c1cnccn1.c1cnccn1.c1cnccn1.c1cnccn1.c1cnccn1.c1cnccn1.c1cnccn1. The molecule has 56 heavy (non-hydrogen) atoms. The molecule has 282 valence electrons. The molecule has 0 saturated carbocycles. The van der Waals surface area contributed by atoms with E-state index in [9.17, 15) is 0 Å². The summed E-state index contributed by atoms with van der Waals surface area (Å²) in [7, 11) is 0. The Labute approximate surface area is 323 Å². The van der Waals surface area contributed by atoms with Gasteiger partial charge in [-0.2, -0.15) is 0 Å². The fraction of sp³-hybridized carbons (Fsp3) is 0.0270. The first-order valence-electron chi connectivity index (χ1n) is 15.9. The molecule has 0 aliphatic rings. The summed E-state index contributed by atoms with van der Waals surface area (Å²) in [5.74, 6) is 0. The molecule has 9 aromatic rings. The second kappa shape index (κ2) is 41.1. The lowest BCUT2D eigenvalue weighted by molar-refractivity contribution is 0.276. The number of hydrogen-bond donors (Lipinski definition) is 1. The lowest BCUT2D eigenvalue weighted by Crippen LogP contribution is -1.86. The zero-order chi connectivity index (χ0) is 39.8. The minimum absolute atomic E-state index is 0.0339. The Bertz CT molecular complexity index is 1320. The third-order valence-electron chi connectivity index (χ3n) is 4.60. The molecular weight excluding hydrogens is 713 g/mol. The van der Waals surface area contributed by atoms with Gasteiger partial charge >= 0.3 is 0 Å². The molecule has 0 bridgehead atoms. The van der Waals surface area contributed by atoms with Gasteiger partial charge in [-0.05, 0) is 0 Å². The predicted octanol–water partition coefficient (Wildman–Crippen LogP) is 3.78. The molecule has 0 aliphatic carbocycles. The average molecular weight is 751 g/mol. The summed E-state index contributed by atoms with van der Waals surface area (Å²) in [6, 6.07) is 0.